The predicted molar refractivity (Wildman–Crippen MR) is 111 cm³/mol. The zero-order valence-electron chi connectivity index (χ0n) is 18.5. The molecule has 0 spiro atoms. The van der Waals surface area contributed by atoms with Crippen molar-refractivity contribution in [3.8, 4) is 0 Å². The highest BCUT2D eigenvalue weighted by molar-refractivity contribution is 6.14. The summed E-state index contributed by atoms with van der Waals surface area (Å²) >= 11 is 0. The van der Waals surface area contributed by atoms with Gasteiger partial charge in [-0.25, -0.2) is 9.59 Å². The van der Waals surface area contributed by atoms with Gasteiger partial charge in [-0.15, -0.1) is 0 Å². The maximum Gasteiger partial charge on any atom is 0.345 e. The van der Waals surface area contributed by atoms with Crippen molar-refractivity contribution in [2.45, 2.75) is 92.9 Å². The van der Waals surface area contributed by atoms with Crippen molar-refractivity contribution >= 4 is 11.9 Å². The Morgan fingerprint density at radius 1 is 0.778 bits per heavy atom. The van der Waals surface area contributed by atoms with Crippen molar-refractivity contribution in [2.24, 2.45) is 17.8 Å². The van der Waals surface area contributed by atoms with Crippen molar-refractivity contribution < 1.29 is 19.1 Å². The molecular formula is C23H42O4. The average molecular weight is 383 g/mol. The van der Waals surface area contributed by atoms with Gasteiger partial charge in [-0.2, -0.15) is 0 Å². The van der Waals surface area contributed by atoms with Gasteiger partial charge in [0.15, 0.2) is 0 Å². The number of esters is 2. The number of carbonyl (C=O) groups excluding carboxylic acids is 2. The molecule has 0 saturated heterocycles. The molecule has 0 aromatic heterocycles. The molecule has 27 heavy (non-hydrogen) atoms. The van der Waals surface area contributed by atoms with Crippen molar-refractivity contribution in [2.75, 3.05) is 13.2 Å². The molecule has 0 bridgehead atoms. The van der Waals surface area contributed by atoms with Gasteiger partial charge in [-0.1, -0.05) is 86.1 Å². The van der Waals surface area contributed by atoms with Crippen LogP contribution in [0, 0.1) is 17.8 Å². The lowest BCUT2D eigenvalue weighted by Gasteiger charge is -2.17. The summed E-state index contributed by atoms with van der Waals surface area (Å²) in [5.74, 6) is -0.327. The molecule has 4 nitrogen and oxygen atoms in total. The molecule has 0 N–H and O–H groups in total. The quantitative estimate of drug-likeness (QED) is 0.149. The minimum absolute atomic E-state index is 0.0423. The van der Waals surface area contributed by atoms with E-state index in [-0.39, 0.29) is 11.5 Å². The highest BCUT2D eigenvalue weighted by Crippen LogP contribution is 2.17. The lowest BCUT2D eigenvalue weighted by Crippen LogP contribution is -2.23. The fourth-order valence-corrected chi connectivity index (χ4v) is 2.89. The fourth-order valence-electron chi connectivity index (χ4n) is 2.89. The van der Waals surface area contributed by atoms with E-state index in [1.54, 1.807) is 6.08 Å². The summed E-state index contributed by atoms with van der Waals surface area (Å²) in [7, 11) is 0. The summed E-state index contributed by atoms with van der Waals surface area (Å²) < 4.78 is 10.9. The average Bonchev–Trinajstić information content (AvgIpc) is 2.65. The molecule has 0 amide bonds. The first-order valence-electron chi connectivity index (χ1n) is 10.9. The number of hydrogen-bond acceptors (Lipinski definition) is 4. The van der Waals surface area contributed by atoms with Gasteiger partial charge in [-0.3, -0.25) is 0 Å². The second-order valence-electron chi connectivity index (χ2n) is 7.85. The molecule has 0 fully saturated rings. The Morgan fingerprint density at radius 3 is 1.48 bits per heavy atom. The van der Waals surface area contributed by atoms with E-state index in [4.69, 9.17) is 9.47 Å². The van der Waals surface area contributed by atoms with E-state index in [1.165, 1.54) is 0 Å². The third kappa shape index (κ3) is 11.9. The Morgan fingerprint density at radius 2 is 1.19 bits per heavy atom. The van der Waals surface area contributed by atoms with Crippen LogP contribution in [-0.4, -0.2) is 25.2 Å². The Labute approximate surface area is 167 Å². The Kier molecular flexibility index (Phi) is 14.9. The zero-order chi connectivity index (χ0) is 20.7. The normalized spacial score (nSPS) is 13.1. The monoisotopic (exact) mass is 382 g/mol. The SMILES string of the molecule is CCCC[C@@H](CC)COC(=O)C(=CC(C)C)C(=O)OC[C@H](CC)CCCC. The Hall–Kier alpha value is -1.32. The summed E-state index contributed by atoms with van der Waals surface area (Å²) in [6.07, 6.45) is 10.2. The second-order valence-corrected chi connectivity index (χ2v) is 7.85. The highest BCUT2D eigenvalue weighted by atomic mass is 16.6. The van der Waals surface area contributed by atoms with Gasteiger partial charge in [0.25, 0.3) is 0 Å². The van der Waals surface area contributed by atoms with E-state index in [2.05, 4.69) is 27.7 Å². The smallest absolute Gasteiger partial charge is 0.345 e. The zero-order valence-corrected chi connectivity index (χ0v) is 18.5. The second kappa shape index (κ2) is 15.7. The number of unbranched alkanes of at least 4 members (excludes halogenated alkanes) is 2. The number of allylic oxidation sites excluding steroid dienone is 1. The van der Waals surface area contributed by atoms with Crippen LogP contribution in [-0.2, 0) is 19.1 Å². The van der Waals surface area contributed by atoms with Crippen molar-refractivity contribution in [3.05, 3.63) is 11.6 Å². The first-order chi connectivity index (χ1) is 12.9. The Balaban J connectivity index is 4.80. The first-order valence-corrected chi connectivity index (χ1v) is 10.9. The molecule has 0 aliphatic carbocycles. The maximum atomic E-state index is 12.5. The summed E-state index contributed by atoms with van der Waals surface area (Å²) in [6, 6.07) is 0. The highest BCUT2D eigenvalue weighted by Gasteiger charge is 2.23. The number of hydrogen-bond donors (Lipinski definition) is 0. The van der Waals surface area contributed by atoms with E-state index >= 15 is 0 Å². The largest absolute Gasteiger partial charge is 0.462 e. The number of rotatable bonds is 15. The molecule has 0 heterocycles. The topological polar surface area (TPSA) is 52.6 Å². The van der Waals surface area contributed by atoms with Crippen molar-refractivity contribution in [1.82, 2.24) is 0 Å². The van der Waals surface area contributed by atoms with E-state index < -0.39 is 11.9 Å². The molecule has 0 aromatic rings. The van der Waals surface area contributed by atoms with Crippen LogP contribution in [0.3, 0.4) is 0 Å². The number of ether oxygens (including phenoxy) is 2. The van der Waals surface area contributed by atoms with Crippen LogP contribution in [0.5, 0.6) is 0 Å². The molecule has 0 radical (unpaired) electrons. The van der Waals surface area contributed by atoms with E-state index in [0.29, 0.717) is 25.0 Å². The third-order valence-electron chi connectivity index (χ3n) is 4.93. The molecule has 2 atom stereocenters. The minimum Gasteiger partial charge on any atom is -0.462 e. The summed E-state index contributed by atoms with van der Waals surface area (Å²) in [5, 5.41) is 0. The van der Waals surface area contributed by atoms with Crippen LogP contribution < -0.4 is 0 Å². The predicted octanol–water partition coefficient (Wildman–Crippen LogP) is 6.09. The molecule has 0 rings (SSSR count). The summed E-state index contributed by atoms with van der Waals surface area (Å²) in [6.45, 7) is 13.1. The van der Waals surface area contributed by atoms with Crippen LogP contribution >= 0.6 is 0 Å². The minimum atomic E-state index is -0.551. The molecule has 0 saturated carbocycles. The Bertz CT molecular complexity index is 406. The lowest BCUT2D eigenvalue weighted by molar-refractivity contribution is -0.148. The van der Waals surface area contributed by atoms with Crippen LogP contribution in [0.25, 0.3) is 0 Å². The van der Waals surface area contributed by atoms with Gasteiger partial charge in [0.1, 0.15) is 5.57 Å². The molecule has 0 aliphatic rings. The van der Waals surface area contributed by atoms with Gasteiger partial charge in [-0.05, 0) is 30.6 Å². The maximum absolute atomic E-state index is 12.5. The summed E-state index contributed by atoms with van der Waals surface area (Å²) in [4.78, 5) is 25.0. The van der Waals surface area contributed by atoms with Crippen LogP contribution in [0.2, 0.25) is 0 Å². The molecule has 0 unspecified atom stereocenters. The summed E-state index contributed by atoms with van der Waals surface area (Å²) in [5.41, 5.74) is 0.0423. The van der Waals surface area contributed by atoms with E-state index in [1.807, 2.05) is 13.8 Å². The van der Waals surface area contributed by atoms with Crippen molar-refractivity contribution in [3.63, 3.8) is 0 Å². The van der Waals surface area contributed by atoms with E-state index in [9.17, 15) is 9.59 Å². The van der Waals surface area contributed by atoms with Gasteiger partial charge >= 0.3 is 11.9 Å². The number of carbonyl (C=O) groups is 2. The molecular weight excluding hydrogens is 340 g/mol. The van der Waals surface area contributed by atoms with Crippen LogP contribution in [0.15, 0.2) is 11.6 Å². The van der Waals surface area contributed by atoms with Crippen LogP contribution in [0.1, 0.15) is 92.9 Å². The molecule has 4 heteroatoms. The van der Waals surface area contributed by atoms with Gasteiger partial charge in [0.05, 0.1) is 13.2 Å². The van der Waals surface area contributed by atoms with Gasteiger partial charge in [0, 0.05) is 0 Å². The molecule has 158 valence electrons. The van der Waals surface area contributed by atoms with E-state index in [0.717, 1.165) is 51.4 Å². The third-order valence-corrected chi connectivity index (χ3v) is 4.93. The van der Waals surface area contributed by atoms with Crippen molar-refractivity contribution in [1.29, 1.82) is 0 Å². The lowest BCUT2D eigenvalue weighted by atomic mass is 10.0. The van der Waals surface area contributed by atoms with Gasteiger partial charge in [0.2, 0.25) is 0 Å². The molecule has 0 aromatic carbocycles. The van der Waals surface area contributed by atoms with Gasteiger partial charge < -0.3 is 9.47 Å². The van der Waals surface area contributed by atoms with Crippen LogP contribution in [0.4, 0.5) is 0 Å². The fraction of sp³-hybridized carbons (Fsp3) is 0.826. The first kappa shape index (κ1) is 25.7. The standard InChI is InChI=1S/C23H42O4/c1-7-11-13-19(9-3)16-26-22(24)21(15-18(5)6)23(25)27-17-20(10-4)14-12-8-2/h15,18-20H,7-14,16-17H2,1-6H3/t19-,20-/m1/s1. The molecule has 0 aliphatic heterocycles.